The number of nitrogens with zero attached hydrogens (tertiary/aromatic N) is 1. The van der Waals surface area contributed by atoms with E-state index in [0.29, 0.717) is 12.0 Å². The molecule has 0 radical (unpaired) electrons. The summed E-state index contributed by atoms with van der Waals surface area (Å²) in [5.41, 5.74) is 0. The summed E-state index contributed by atoms with van der Waals surface area (Å²) in [5.74, 6) is 0.561. The van der Waals surface area contributed by atoms with Crippen molar-refractivity contribution in [1.82, 2.24) is 4.90 Å². The minimum atomic E-state index is -0.102. The second kappa shape index (κ2) is 8.92. The molecule has 0 aromatic heterocycles. The molecular weight excluding hydrogens is 222 g/mol. The second-order valence-electron chi connectivity index (χ2n) is 6.26. The number of hydrogen-bond donors (Lipinski definition) is 1. The molecule has 1 N–H and O–H groups in total. The third-order valence-corrected chi connectivity index (χ3v) is 4.39. The maximum Gasteiger partial charge on any atom is 0.0695 e. The summed E-state index contributed by atoms with van der Waals surface area (Å²) in [7, 11) is 0. The van der Waals surface area contributed by atoms with Gasteiger partial charge in [0.05, 0.1) is 6.10 Å². The summed E-state index contributed by atoms with van der Waals surface area (Å²) in [4.78, 5) is 2.47. The van der Waals surface area contributed by atoms with Crippen molar-refractivity contribution in [3.63, 3.8) is 0 Å². The Morgan fingerprint density at radius 2 is 1.78 bits per heavy atom. The van der Waals surface area contributed by atoms with Crippen LogP contribution in [0.3, 0.4) is 0 Å². The van der Waals surface area contributed by atoms with Gasteiger partial charge in [-0.2, -0.15) is 0 Å². The maximum atomic E-state index is 10.4. The van der Waals surface area contributed by atoms with Crippen LogP contribution in [0.15, 0.2) is 0 Å². The zero-order valence-corrected chi connectivity index (χ0v) is 12.7. The van der Waals surface area contributed by atoms with Gasteiger partial charge in [-0.3, -0.25) is 4.90 Å². The fraction of sp³-hybridized carbons (Fsp3) is 1.00. The van der Waals surface area contributed by atoms with E-state index in [2.05, 4.69) is 25.7 Å². The molecule has 18 heavy (non-hydrogen) atoms. The average Bonchev–Trinajstić information content (AvgIpc) is 2.38. The van der Waals surface area contributed by atoms with Crippen molar-refractivity contribution >= 4 is 0 Å². The van der Waals surface area contributed by atoms with Gasteiger partial charge in [-0.25, -0.2) is 0 Å². The van der Waals surface area contributed by atoms with E-state index in [0.717, 1.165) is 13.1 Å². The third-order valence-electron chi connectivity index (χ3n) is 4.39. The van der Waals surface area contributed by atoms with Crippen LogP contribution < -0.4 is 0 Å². The zero-order chi connectivity index (χ0) is 13.4. The molecule has 0 spiro atoms. The van der Waals surface area contributed by atoms with Crippen LogP contribution in [-0.2, 0) is 0 Å². The summed E-state index contributed by atoms with van der Waals surface area (Å²) in [6.45, 7) is 8.77. The number of rotatable bonds is 8. The van der Waals surface area contributed by atoms with Crippen molar-refractivity contribution in [3.05, 3.63) is 0 Å². The van der Waals surface area contributed by atoms with Crippen LogP contribution in [0.5, 0.6) is 0 Å². The highest BCUT2D eigenvalue weighted by molar-refractivity contribution is 4.77. The molecule has 1 unspecified atom stereocenters. The minimum Gasteiger partial charge on any atom is -0.392 e. The Bertz CT molecular complexity index is 199. The lowest BCUT2D eigenvalue weighted by Crippen LogP contribution is -2.41. The Hall–Kier alpha value is -0.0800. The van der Waals surface area contributed by atoms with E-state index in [-0.39, 0.29) is 6.10 Å². The van der Waals surface area contributed by atoms with Gasteiger partial charge in [0.1, 0.15) is 0 Å². The van der Waals surface area contributed by atoms with E-state index < -0.39 is 0 Å². The molecule has 1 atom stereocenters. The van der Waals surface area contributed by atoms with Crippen LogP contribution in [0.2, 0.25) is 0 Å². The van der Waals surface area contributed by atoms with Gasteiger partial charge in [-0.15, -0.1) is 0 Å². The normalized spacial score (nSPS) is 19.7. The van der Waals surface area contributed by atoms with Gasteiger partial charge in [0, 0.05) is 12.6 Å². The molecule has 0 bridgehead atoms. The lowest BCUT2D eigenvalue weighted by atomic mass is 9.85. The van der Waals surface area contributed by atoms with Crippen molar-refractivity contribution in [2.45, 2.75) is 84.3 Å². The van der Waals surface area contributed by atoms with E-state index >= 15 is 0 Å². The van der Waals surface area contributed by atoms with Crippen molar-refractivity contribution in [2.75, 3.05) is 13.1 Å². The van der Waals surface area contributed by atoms with Crippen LogP contribution in [0.4, 0.5) is 0 Å². The van der Waals surface area contributed by atoms with Gasteiger partial charge in [-0.05, 0) is 45.6 Å². The maximum absolute atomic E-state index is 10.4. The molecular formula is C16H33NO. The summed E-state index contributed by atoms with van der Waals surface area (Å²) < 4.78 is 0. The first-order chi connectivity index (χ1) is 8.65. The Balaban J connectivity index is 2.33. The predicted octanol–water partition coefficient (Wildman–Crippen LogP) is 3.83. The SMILES string of the molecule is CCCCCN(CC(O)C1CCCCC1)C(C)C. The van der Waals surface area contributed by atoms with Crippen molar-refractivity contribution in [2.24, 2.45) is 5.92 Å². The lowest BCUT2D eigenvalue weighted by Gasteiger charge is -2.33. The van der Waals surface area contributed by atoms with Crippen LogP contribution >= 0.6 is 0 Å². The molecule has 0 heterocycles. The summed E-state index contributed by atoms with van der Waals surface area (Å²) in [6.07, 6.45) is 10.2. The number of aliphatic hydroxyl groups is 1. The monoisotopic (exact) mass is 255 g/mol. The van der Waals surface area contributed by atoms with E-state index in [1.165, 1.54) is 51.4 Å². The molecule has 0 aromatic rings. The first kappa shape index (κ1) is 16.0. The molecule has 0 saturated heterocycles. The van der Waals surface area contributed by atoms with Gasteiger partial charge < -0.3 is 5.11 Å². The van der Waals surface area contributed by atoms with Gasteiger partial charge in [0.2, 0.25) is 0 Å². The topological polar surface area (TPSA) is 23.5 Å². The minimum absolute atomic E-state index is 0.102. The molecule has 1 saturated carbocycles. The van der Waals surface area contributed by atoms with E-state index in [1.807, 2.05) is 0 Å². The summed E-state index contributed by atoms with van der Waals surface area (Å²) in [5, 5.41) is 10.4. The Morgan fingerprint density at radius 3 is 2.33 bits per heavy atom. The van der Waals surface area contributed by atoms with Gasteiger partial charge in [0.25, 0.3) is 0 Å². The lowest BCUT2D eigenvalue weighted by molar-refractivity contribution is 0.0374. The highest BCUT2D eigenvalue weighted by Gasteiger charge is 2.24. The van der Waals surface area contributed by atoms with Crippen LogP contribution in [-0.4, -0.2) is 35.2 Å². The van der Waals surface area contributed by atoms with E-state index in [4.69, 9.17) is 0 Å². The molecule has 0 amide bonds. The highest BCUT2D eigenvalue weighted by atomic mass is 16.3. The Morgan fingerprint density at radius 1 is 1.11 bits per heavy atom. The van der Waals surface area contributed by atoms with Gasteiger partial charge in [0.15, 0.2) is 0 Å². The molecule has 1 aliphatic carbocycles. The molecule has 2 heteroatoms. The van der Waals surface area contributed by atoms with E-state index in [9.17, 15) is 5.11 Å². The van der Waals surface area contributed by atoms with Crippen molar-refractivity contribution in [1.29, 1.82) is 0 Å². The van der Waals surface area contributed by atoms with Crippen LogP contribution in [0, 0.1) is 5.92 Å². The summed E-state index contributed by atoms with van der Waals surface area (Å²) in [6, 6.07) is 0.556. The van der Waals surface area contributed by atoms with E-state index in [1.54, 1.807) is 0 Å². The zero-order valence-electron chi connectivity index (χ0n) is 12.7. The first-order valence-electron chi connectivity index (χ1n) is 8.07. The molecule has 1 aliphatic rings. The molecule has 0 aliphatic heterocycles. The third kappa shape index (κ3) is 5.71. The number of hydrogen-bond acceptors (Lipinski definition) is 2. The standard InChI is InChI=1S/C16H33NO/c1-4-5-9-12-17(14(2)3)13-16(18)15-10-7-6-8-11-15/h14-16,18H,4-13H2,1-3H3. The molecule has 0 aromatic carbocycles. The number of aliphatic hydroxyl groups excluding tert-OH is 1. The fourth-order valence-corrected chi connectivity index (χ4v) is 3.03. The number of unbranched alkanes of at least 4 members (excludes halogenated alkanes) is 2. The van der Waals surface area contributed by atoms with Crippen LogP contribution in [0.1, 0.15) is 72.1 Å². The van der Waals surface area contributed by atoms with Crippen molar-refractivity contribution < 1.29 is 5.11 Å². The summed E-state index contributed by atoms with van der Waals surface area (Å²) >= 11 is 0. The molecule has 2 nitrogen and oxygen atoms in total. The first-order valence-corrected chi connectivity index (χ1v) is 8.07. The predicted molar refractivity (Wildman–Crippen MR) is 78.8 cm³/mol. The smallest absolute Gasteiger partial charge is 0.0695 e. The largest absolute Gasteiger partial charge is 0.392 e. The van der Waals surface area contributed by atoms with Crippen molar-refractivity contribution in [3.8, 4) is 0 Å². The molecule has 1 fully saturated rings. The molecule has 1 rings (SSSR count). The molecule has 108 valence electrons. The quantitative estimate of drug-likeness (QED) is 0.666. The average molecular weight is 255 g/mol. The van der Waals surface area contributed by atoms with Crippen LogP contribution in [0.25, 0.3) is 0 Å². The Labute approximate surface area is 114 Å². The fourth-order valence-electron chi connectivity index (χ4n) is 3.03. The second-order valence-corrected chi connectivity index (χ2v) is 6.26. The van der Waals surface area contributed by atoms with Gasteiger partial charge in [-0.1, -0.05) is 39.0 Å². The highest BCUT2D eigenvalue weighted by Crippen LogP contribution is 2.27. The van der Waals surface area contributed by atoms with Gasteiger partial charge >= 0.3 is 0 Å². The Kier molecular flexibility index (Phi) is 7.92.